The third-order valence-corrected chi connectivity index (χ3v) is 2.50. The van der Waals surface area contributed by atoms with E-state index in [-0.39, 0.29) is 0 Å². The number of nitrogens with zero attached hydrogens (tertiary/aromatic N) is 3. The first-order valence-electron chi connectivity index (χ1n) is 5.64. The van der Waals surface area contributed by atoms with Gasteiger partial charge in [0.15, 0.2) is 0 Å². The molecule has 5 heteroatoms. The molecule has 0 saturated heterocycles. The molecule has 2 N–H and O–H groups in total. The van der Waals surface area contributed by atoms with Gasteiger partial charge in [-0.2, -0.15) is 5.10 Å². The zero-order chi connectivity index (χ0) is 12.1. The first-order valence-corrected chi connectivity index (χ1v) is 5.64. The van der Waals surface area contributed by atoms with E-state index in [0.717, 1.165) is 30.2 Å². The van der Waals surface area contributed by atoms with Crippen LogP contribution < -0.4 is 10.6 Å². The number of aromatic nitrogens is 3. The van der Waals surface area contributed by atoms with Gasteiger partial charge in [0.05, 0.1) is 5.69 Å². The predicted molar refractivity (Wildman–Crippen MR) is 69.2 cm³/mol. The topological polar surface area (TPSA) is 54.8 Å². The maximum Gasteiger partial charge on any atom is 0.127 e. The molecule has 0 atom stereocenters. The van der Waals surface area contributed by atoms with Crippen molar-refractivity contribution in [3.63, 3.8) is 0 Å². The van der Waals surface area contributed by atoms with Crippen molar-refractivity contribution < 1.29 is 0 Å². The molecule has 2 heterocycles. The fourth-order valence-corrected chi connectivity index (χ4v) is 1.61. The van der Waals surface area contributed by atoms with Crippen molar-refractivity contribution >= 4 is 11.5 Å². The van der Waals surface area contributed by atoms with Crippen LogP contribution in [0.15, 0.2) is 30.6 Å². The number of anilines is 2. The van der Waals surface area contributed by atoms with Crippen molar-refractivity contribution in [1.29, 1.82) is 0 Å². The normalized spacial score (nSPS) is 10.2. The molecule has 0 bridgehead atoms. The predicted octanol–water partition coefficient (Wildman–Crippen LogP) is 1.51. The molecule has 0 radical (unpaired) electrons. The zero-order valence-electron chi connectivity index (χ0n) is 10.1. The van der Waals surface area contributed by atoms with Crippen LogP contribution in [0.4, 0.5) is 11.5 Å². The lowest BCUT2D eigenvalue weighted by molar-refractivity contribution is 0.742. The Morgan fingerprint density at radius 2 is 2.24 bits per heavy atom. The highest BCUT2D eigenvalue weighted by atomic mass is 15.2. The van der Waals surface area contributed by atoms with Gasteiger partial charge in [0.25, 0.3) is 0 Å². The highest BCUT2D eigenvalue weighted by Crippen LogP contribution is 2.11. The molecule has 17 heavy (non-hydrogen) atoms. The van der Waals surface area contributed by atoms with Gasteiger partial charge < -0.3 is 10.6 Å². The van der Waals surface area contributed by atoms with E-state index in [9.17, 15) is 0 Å². The number of pyridine rings is 1. The second-order valence-corrected chi connectivity index (χ2v) is 3.84. The fraction of sp³-hybridized carbons (Fsp3) is 0.333. The van der Waals surface area contributed by atoms with E-state index in [1.54, 1.807) is 6.20 Å². The molecule has 0 aliphatic heterocycles. The van der Waals surface area contributed by atoms with E-state index in [4.69, 9.17) is 0 Å². The van der Waals surface area contributed by atoms with E-state index < -0.39 is 0 Å². The molecule has 0 aromatic carbocycles. The fourth-order valence-electron chi connectivity index (χ4n) is 1.61. The van der Waals surface area contributed by atoms with E-state index >= 15 is 0 Å². The molecule has 0 fully saturated rings. The summed E-state index contributed by atoms with van der Waals surface area (Å²) >= 11 is 0. The van der Waals surface area contributed by atoms with E-state index in [2.05, 4.69) is 20.7 Å². The minimum atomic E-state index is 0.865. The van der Waals surface area contributed by atoms with Gasteiger partial charge in [0.1, 0.15) is 5.82 Å². The molecule has 5 nitrogen and oxygen atoms in total. The monoisotopic (exact) mass is 231 g/mol. The number of nitrogens with one attached hydrogen (secondary N) is 2. The number of hydrogen-bond donors (Lipinski definition) is 2. The van der Waals surface area contributed by atoms with Crippen molar-refractivity contribution in [2.45, 2.75) is 6.42 Å². The Morgan fingerprint density at radius 1 is 1.35 bits per heavy atom. The minimum absolute atomic E-state index is 0.865. The maximum atomic E-state index is 4.33. The van der Waals surface area contributed by atoms with Gasteiger partial charge in [0, 0.05) is 51.2 Å². The Labute approximate surface area is 101 Å². The summed E-state index contributed by atoms with van der Waals surface area (Å²) in [6.07, 6.45) is 4.66. The van der Waals surface area contributed by atoms with E-state index in [1.165, 1.54) is 0 Å². The van der Waals surface area contributed by atoms with Crippen LogP contribution in [0.5, 0.6) is 0 Å². The van der Waals surface area contributed by atoms with Crippen LogP contribution in [-0.2, 0) is 13.5 Å². The Kier molecular flexibility index (Phi) is 3.59. The Hall–Kier alpha value is -2.04. The highest BCUT2D eigenvalue weighted by Gasteiger charge is 1.98. The summed E-state index contributed by atoms with van der Waals surface area (Å²) in [6, 6.07) is 5.98. The van der Waals surface area contributed by atoms with Crippen molar-refractivity contribution in [1.82, 2.24) is 14.8 Å². The summed E-state index contributed by atoms with van der Waals surface area (Å²) in [7, 11) is 3.79. The first kappa shape index (κ1) is 11.4. The zero-order valence-corrected chi connectivity index (χ0v) is 10.1. The number of rotatable bonds is 5. The van der Waals surface area contributed by atoms with Crippen LogP contribution in [0, 0.1) is 0 Å². The Balaban J connectivity index is 1.85. The summed E-state index contributed by atoms with van der Waals surface area (Å²) in [6.45, 7) is 0.865. The van der Waals surface area contributed by atoms with Gasteiger partial charge in [-0.1, -0.05) is 0 Å². The van der Waals surface area contributed by atoms with Crippen LogP contribution in [-0.4, -0.2) is 28.4 Å². The van der Waals surface area contributed by atoms with Gasteiger partial charge in [-0.15, -0.1) is 0 Å². The molecule has 2 aromatic rings. The summed E-state index contributed by atoms with van der Waals surface area (Å²) in [5.74, 6) is 0.868. The molecular weight excluding hydrogens is 214 g/mol. The largest absolute Gasteiger partial charge is 0.384 e. The number of aryl methyl sites for hydroxylation is 1. The van der Waals surface area contributed by atoms with Crippen molar-refractivity contribution in [2.75, 3.05) is 24.2 Å². The molecule has 0 unspecified atom stereocenters. The molecule has 0 saturated carbocycles. The molecular formula is C12H17N5. The summed E-state index contributed by atoms with van der Waals surface area (Å²) in [5, 5.41) is 10.7. The third-order valence-electron chi connectivity index (χ3n) is 2.50. The molecule has 90 valence electrons. The Morgan fingerprint density at radius 3 is 2.94 bits per heavy atom. The van der Waals surface area contributed by atoms with Crippen molar-refractivity contribution in [2.24, 2.45) is 7.05 Å². The number of hydrogen-bond acceptors (Lipinski definition) is 4. The smallest absolute Gasteiger partial charge is 0.127 e. The van der Waals surface area contributed by atoms with E-state index in [0.29, 0.717) is 0 Å². The maximum absolute atomic E-state index is 4.33. The molecule has 0 aliphatic rings. The lowest BCUT2D eigenvalue weighted by Crippen LogP contribution is -2.06. The standard InChI is InChI=1S/C12H17N5/c1-13-12-9-11(4-7-15-12)14-6-3-10-5-8-17(2)16-10/h4-5,7-9H,3,6H2,1-2H3,(H2,13,14,15). The molecule has 0 amide bonds. The summed E-state index contributed by atoms with van der Waals surface area (Å²) in [4.78, 5) is 4.16. The molecule has 0 aliphatic carbocycles. The van der Waals surface area contributed by atoms with Gasteiger partial charge in [0.2, 0.25) is 0 Å². The van der Waals surface area contributed by atoms with Crippen molar-refractivity contribution in [3.8, 4) is 0 Å². The van der Waals surface area contributed by atoms with Gasteiger partial charge in [-0.3, -0.25) is 4.68 Å². The molecule has 0 spiro atoms. The quantitative estimate of drug-likeness (QED) is 0.819. The average molecular weight is 231 g/mol. The van der Waals surface area contributed by atoms with Crippen LogP contribution in [0.3, 0.4) is 0 Å². The molecule has 2 aromatic heterocycles. The van der Waals surface area contributed by atoms with E-state index in [1.807, 2.05) is 43.2 Å². The third kappa shape index (κ3) is 3.21. The second kappa shape index (κ2) is 5.34. The van der Waals surface area contributed by atoms with Crippen molar-refractivity contribution in [3.05, 3.63) is 36.3 Å². The van der Waals surface area contributed by atoms with Crippen LogP contribution in [0.2, 0.25) is 0 Å². The average Bonchev–Trinajstić information content (AvgIpc) is 2.75. The summed E-state index contributed by atoms with van der Waals surface area (Å²) in [5.41, 5.74) is 2.17. The lowest BCUT2D eigenvalue weighted by Gasteiger charge is -2.06. The lowest BCUT2D eigenvalue weighted by atomic mass is 10.3. The van der Waals surface area contributed by atoms with Crippen LogP contribution in [0.25, 0.3) is 0 Å². The van der Waals surface area contributed by atoms with Gasteiger partial charge >= 0.3 is 0 Å². The Bertz CT molecular complexity index is 477. The first-order chi connectivity index (χ1) is 8.28. The van der Waals surface area contributed by atoms with Crippen LogP contribution in [0.1, 0.15) is 5.69 Å². The highest BCUT2D eigenvalue weighted by molar-refractivity contribution is 5.51. The van der Waals surface area contributed by atoms with Gasteiger partial charge in [-0.05, 0) is 12.1 Å². The van der Waals surface area contributed by atoms with Gasteiger partial charge in [-0.25, -0.2) is 4.98 Å². The van der Waals surface area contributed by atoms with Crippen LogP contribution >= 0.6 is 0 Å². The summed E-state index contributed by atoms with van der Waals surface area (Å²) < 4.78 is 1.82. The second-order valence-electron chi connectivity index (χ2n) is 3.84. The SMILES string of the molecule is CNc1cc(NCCc2ccn(C)n2)ccn1. The minimum Gasteiger partial charge on any atom is -0.384 e. The molecule has 2 rings (SSSR count).